The first-order valence-corrected chi connectivity index (χ1v) is 6.28. The zero-order valence-corrected chi connectivity index (χ0v) is 11.3. The highest BCUT2D eigenvalue weighted by Gasteiger charge is 2.13. The molecule has 1 aromatic rings. The molecule has 0 atom stereocenters. The van der Waals surface area contributed by atoms with E-state index in [1.807, 2.05) is 18.2 Å². The first kappa shape index (κ1) is 13.0. The molecule has 0 fully saturated rings. The summed E-state index contributed by atoms with van der Waals surface area (Å²) < 4.78 is 0.882. The molecule has 0 unspecified atom stereocenters. The largest absolute Gasteiger partial charge is 0.384 e. The second-order valence-corrected chi connectivity index (χ2v) is 4.48. The summed E-state index contributed by atoms with van der Waals surface area (Å²) in [4.78, 5) is 2.24. The molecule has 0 aromatic heterocycles. The van der Waals surface area contributed by atoms with Crippen LogP contribution in [-0.4, -0.2) is 18.9 Å². The van der Waals surface area contributed by atoms with Crippen LogP contribution >= 0.6 is 15.9 Å². The first-order chi connectivity index (χ1) is 7.61. The van der Waals surface area contributed by atoms with E-state index in [4.69, 9.17) is 11.1 Å². The molecule has 0 heterocycles. The van der Waals surface area contributed by atoms with Crippen molar-refractivity contribution >= 4 is 27.5 Å². The Morgan fingerprint density at radius 2 is 2.12 bits per heavy atom. The molecule has 0 aliphatic rings. The van der Waals surface area contributed by atoms with E-state index >= 15 is 0 Å². The van der Waals surface area contributed by atoms with Crippen molar-refractivity contribution in [3.05, 3.63) is 28.2 Å². The lowest BCUT2D eigenvalue weighted by atomic mass is 10.1. The first-order valence-electron chi connectivity index (χ1n) is 5.49. The van der Waals surface area contributed by atoms with Gasteiger partial charge in [0.1, 0.15) is 5.84 Å². The van der Waals surface area contributed by atoms with Gasteiger partial charge in [-0.05, 0) is 41.4 Å². The van der Waals surface area contributed by atoms with Gasteiger partial charge in [-0.1, -0.05) is 13.0 Å². The summed E-state index contributed by atoms with van der Waals surface area (Å²) >= 11 is 3.45. The molecule has 0 spiro atoms. The second-order valence-electron chi connectivity index (χ2n) is 3.63. The standard InChI is InChI=1S/C12H18BrN3/c1-3-8-16(4-2)10-7-5-6-9(13)11(10)12(14)15/h5-7H,3-4,8H2,1-2H3,(H3,14,15). The number of anilines is 1. The van der Waals surface area contributed by atoms with E-state index in [9.17, 15) is 0 Å². The molecule has 0 bridgehead atoms. The van der Waals surface area contributed by atoms with Crippen LogP contribution in [0, 0.1) is 5.41 Å². The van der Waals surface area contributed by atoms with E-state index < -0.39 is 0 Å². The van der Waals surface area contributed by atoms with Crippen LogP contribution in [0.15, 0.2) is 22.7 Å². The molecule has 0 aliphatic carbocycles. The summed E-state index contributed by atoms with van der Waals surface area (Å²) in [5, 5.41) is 7.64. The fourth-order valence-corrected chi connectivity index (χ4v) is 2.33. The fraction of sp³-hybridized carbons (Fsp3) is 0.417. The van der Waals surface area contributed by atoms with Gasteiger partial charge in [0.15, 0.2) is 0 Å². The zero-order chi connectivity index (χ0) is 12.1. The monoisotopic (exact) mass is 283 g/mol. The highest BCUT2D eigenvalue weighted by Crippen LogP contribution is 2.27. The summed E-state index contributed by atoms with van der Waals surface area (Å²) in [6, 6.07) is 5.91. The van der Waals surface area contributed by atoms with Gasteiger partial charge in [-0.2, -0.15) is 0 Å². The van der Waals surface area contributed by atoms with Crippen LogP contribution in [-0.2, 0) is 0 Å². The number of nitrogens with zero attached hydrogens (tertiary/aromatic N) is 1. The highest BCUT2D eigenvalue weighted by molar-refractivity contribution is 9.10. The number of benzene rings is 1. The van der Waals surface area contributed by atoms with Gasteiger partial charge in [0.2, 0.25) is 0 Å². The van der Waals surface area contributed by atoms with Crippen molar-refractivity contribution in [2.45, 2.75) is 20.3 Å². The number of amidine groups is 1. The maximum Gasteiger partial charge on any atom is 0.126 e. The molecular weight excluding hydrogens is 266 g/mol. The maximum absolute atomic E-state index is 7.64. The van der Waals surface area contributed by atoms with Crippen LogP contribution in [0.1, 0.15) is 25.8 Å². The van der Waals surface area contributed by atoms with E-state index in [2.05, 4.69) is 34.7 Å². The van der Waals surface area contributed by atoms with Crippen LogP contribution < -0.4 is 10.6 Å². The van der Waals surface area contributed by atoms with Gasteiger partial charge in [0, 0.05) is 23.2 Å². The molecule has 88 valence electrons. The topological polar surface area (TPSA) is 53.1 Å². The van der Waals surface area contributed by atoms with E-state index in [0.717, 1.165) is 35.2 Å². The lowest BCUT2D eigenvalue weighted by molar-refractivity contribution is 0.790. The van der Waals surface area contributed by atoms with Gasteiger partial charge in [-0.25, -0.2) is 0 Å². The van der Waals surface area contributed by atoms with Crippen LogP contribution in [0.25, 0.3) is 0 Å². The van der Waals surface area contributed by atoms with Crippen molar-refractivity contribution in [2.75, 3.05) is 18.0 Å². The van der Waals surface area contributed by atoms with E-state index in [1.54, 1.807) is 0 Å². The van der Waals surface area contributed by atoms with Crippen molar-refractivity contribution in [1.29, 1.82) is 5.41 Å². The predicted octanol–water partition coefficient (Wildman–Crippen LogP) is 2.97. The predicted molar refractivity (Wildman–Crippen MR) is 73.3 cm³/mol. The molecule has 1 aromatic carbocycles. The quantitative estimate of drug-likeness (QED) is 0.645. The molecule has 0 aliphatic heterocycles. The number of nitrogen functional groups attached to an aromatic ring is 1. The number of hydrogen-bond donors (Lipinski definition) is 2. The third kappa shape index (κ3) is 2.76. The molecule has 0 saturated heterocycles. The van der Waals surface area contributed by atoms with Crippen LogP contribution in [0.5, 0.6) is 0 Å². The number of hydrogen-bond acceptors (Lipinski definition) is 2. The summed E-state index contributed by atoms with van der Waals surface area (Å²) in [6.07, 6.45) is 1.08. The second kappa shape index (κ2) is 5.89. The minimum atomic E-state index is 0.108. The average molecular weight is 284 g/mol. The van der Waals surface area contributed by atoms with Crippen molar-refractivity contribution in [2.24, 2.45) is 5.73 Å². The lowest BCUT2D eigenvalue weighted by Gasteiger charge is -2.25. The molecule has 3 N–H and O–H groups in total. The minimum absolute atomic E-state index is 0.108. The Hall–Kier alpha value is -1.03. The zero-order valence-electron chi connectivity index (χ0n) is 9.76. The van der Waals surface area contributed by atoms with Gasteiger partial charge in [0.05, 0.1) is 5.56 Å². The molecule has 16 heavy (non-hydrogen) atoms. The van der Waals surface area contributed by atoms with Gasteiger partial charge >= 0.3 is 0 Å². The summed E-state index contributed by atoms with van der Waals surface area (Å²) in [5.74, 6) is 0.108. The summed E-state index contributed by atoms with van der Waals surface area (Å²) in [6.45, 7) is 6.16. The Bertz CT molecular complexity index is 377. The average Bonchev–Trinajstić information content (AvgIpc) is 2.25. The van der Waals surface area contributed by atoms with Crippen LogP contribution in [0.2, 0.25) is 0 Å². The molecule has 1 rings (SSSR count). The van der Waals surface area contributed by atoms with Crippen molar-refractivity contribution in [1.82, 2.24) is 0 Å². The van der Waals surface area contributed by atoms with Crippen LogP contribution in [0.3, 0.4) is 0 Å². The highest BCUT2D eigenvalue weighted by atomic mass is 79.9. The molecule has 4 heteroatoms. The molecule has 0 saturated carbocycles. The van der Waals surface area contributed by atoms with Crippen molar-refractivity contribution in [3.63, 3.8) is 0 Å². The Labute approximate surface area is 105 Å². The van der Waals surface area contributed by atoms with Gasteiger partial charge < -0.3 is 10.6 Å². The molecular formula is C12H18BrN3. The number of nitrogens with one attached hydrogen (secondary N) is 1. The lowest BCUT2D eigenvalue weighted by Crippen LogP contribution is -2.27. The number of nitrogens with two attached hydrogens (primary N) is 1. The Kier molecular flexibility index (Phi) is 4.80. The van der Waals surface area contributed by atoms with Crippen molar-refractivity contribution in [3.8, 4) is 0 Å². The Morgan fingerprint density at radius 1 is 1.44 bits per heavy atom. The minimum Gasteiger partial charge on any atom is -0.384 e. The van der Waals surface area contributed by atoms with Gasteiger partial charge in [-0.3, -0.25) is 5.41 Å². The van der Waals surface area contributed by atoms with E-state index in [-0.39, 0.29) is 5.84 Å². The fourth-order valence-electron chi connectivity index (χ4n) is 1.76. The third-order valence-electron chi connectivity index (χ3n) is 2.48. The van der Waals surface area contributed by atoms with Gasteiger partial charge in [0.25, 0.3) is 0 Å². The summed E-state index contributed by atoms with van der Waals surface area (Å²) in [7, 11) is 0. The molecule has 3 nitrogen and oxygen atoms in total. The number of halogens is 1. The van der Waals surface area contributed by atoms with Gasteiger partial charge in [-0.15, -0.1) is 0 Å². The smallest absolute Gasteiger partial charge is 0.126 e. The molecule has 0 amide bonds. The number of rotatable bonds is 5. The third-order valence-corrected chi connectivity index (χ3v) is 3.14. The van der Waals surface area contributed by atoms with Crippen LogP contribution in [0.4, 0.5) is 5.69 Å². The normalized spacial score (nSPS) is 10.2. The molecule has 0 radical (unpaired) electrons. The van der Waals surface area contributed by atoms with E-state index in [0.29, 0.717) is 0 Å². The SMILES string of the molecule is CCCN(CC)c1cccc(Br)c1C(=N)N. The summed E-state index contributed by atoms with van der Waals surface area (Å²) in [5.41, 5.74) is 7.45. The van der Waals surface area contributed by atoms with Crippen molar-refractivity contribution < 1.29 is 0 Å². The Balaban J connectivity index is 3.20. The van der Waals surface area contributed by atoms with E-state index in [1.165, 1.54) is 0 Å². The Morgan fingerprint density at radius 3 is 2.62 bits per heavy atom. The maximum atomic E-state index is 7.64.